The van der Waals surface area contributed by atoms with Crippen molar-refractivity contribution in [3.05, 3.63) is 0 Å². The van der Waals surface area contributed by atoms with Crippen molar-refractivity contribution in [2.75, 3.05) is 6.61 Å². The van der Waals surface area contributed by atoms with Crippen molar-refractivity contribution in [2.45, 2.75) is 6.92 Å². The Hall–Kier alpha value is 1.16. The minimum Gasteiger partial charge on any atom is -0.845 e. The summed E-state index contributed by atoms with van der Waals surface area (Å²) >= 11 is 0. The van der Waals surface area contributed by atoms with Crippen LogP contribution in [0.1, 0.15) is 6.92 Å². The molecule has 6 heavy (non-hydrogen) atoms. The van der Waals surface area contributed by atoms with Gasteiger partial charge < -0.3 is 5.11 Å². The molecule has 0 atom stereocenters. The third kappa shape index (κ3) is 8.94. The van der Waals surface area contributed by atoms with Crippen molar-refractivity contribution < 1.29 is 56.5 Å². The molecule has 0 aliphatic carbocycles. The first kappa shape index (κ1) is 10.2. The summed E-state index contributed by atoms with van der Waals surface area (Å²) in [5.74, 6) is 4.76. The molecule has 0 N–H and O–H groups in total. The van der Waals surface area contributed by atoms with Gasteiger partial charge in [0.05, 0.1) is 0 Å². The Morgan fingerprint density at radius 1 is 1.67 bits per heavy atom. The van der Waals surface area contributed by atoms with Gasteiger partial charge in [0.15, 0.2) is 0 Å². The second-order valence-electron chi connectivity index (χ2n) is 0.571. The van der Waals surface area contributed by atoms with Gasteiger partial charge in [0.25, 0.3) is 0 Å². The Morgan fingerprint density at radius 3 is 2.17 bits per heavy atom. The summed E-state index contributed by atoms with van der Waals surface area (Å²) in [6.07, 6.45) is 0. The van der Waals surface area contributed by atoms with Crippen LogP contribution in [-0.4, -0.2) is 6.61 Å². The Labute approximate surface area is 80.6 Å². The van der Waals surface area contributed by atoms with Crippen molar-refractivity contribution in [1.82, 2.24) is 0 Å². The molecule has 0 aromatic rings. The van der Waals surface area contributed by atoms with Gasteiger partial charge in [0.1, 0.15) is 0 Å². The minimum atomic E-state index is -0.267. The first-order valence-electron chi connectivity index (χ1n) is 1.39. The van der Waals surface area contributed by atoms with E-state index in [9.17, 15) is 5.11 Å². The zero-order valence-electron chi connectivity index (χ0n) is 4.12. The molecular formula is C4H5KO. The zero-order valence-corrected chi connectivity index (χ0v) is 7.24. The van der Waals surface area contributed by atoms with Crippen molar-refractivity contribution >= 4 is 0 Å². The van der Waals surface area contributed by atoms with Gasteiger partial charge in [-0.2, -0.15) is 0 Å². The van der Waals surface area contributed by atoms with E-state index < -0.39 is 0 Å². The van der Waals surface area contributed by atoms with Crippen LogP contribution in [-0.2, 0) is 0 Å². The molecular weight excluding hydrogens is 103 g/mol. The number of hydrogen-bond acceptors (Lipinski definition) is 1. The maximum absolute atomic E-state index is 9.36. The van der Waals surface area contributed by atoms with Crippen LogP contribution in [0, 0.1) is 11.8 Å². The van der Waals surface area contributed by atoms with E-state index in [-0.39, 0.29) is 58.0 Å². The average molecular weight is 108 g/mol. The monoisotopic (exact) mass is 108 g/mol. The van der Waals surface area contributed by atoms with E-state index in [0.29, 0.717) is 0 Å². The van der Waals surface area contributed by atoms with Gasteiger partial charge >= 0.3 is 51.4 Å². The normalized spacial score (nSPS) is 4.33. The van der Waals surface area contributed by atoms with Crippen LogP contribution in [0.3, 0.4) is 0 Å². The minimum absolute atomic E-state index is 0. The molecule has 0 saturated heterocycles. The molecule has 0 radical (unpaired) electrons. The second-order valence-corrected chi connectivity index (χ2v) is 0.571. The topological polar surface area (TPSA) is 23.1 Å². The van der Waals surface area contributed by atoms with E-state index in [0.717, 1.165) is 0 Å². The summed E-state index contributed by atoms with van der Waals surface area (Å²) < 4.78 is 0. The molecule has 0 aromatic heterocycles. The van der Waals surface area contributed by atoms with Gasteiger partial charge in [-0.1, -0.05) is 6.61 Å². The molecule has 1 nitrogen and oxygen atoms in total. The van der Waals surface area contributed by atoms with Crippen LogP contribution >= 0.6 is 0 Å². The molecule has 0 spiro atoms. The van der Waals surface area contributed by atoms with Crippen LogP contribution in [0.15, 0.2) is 0 Å². The first-order valence-corrected chi connectivity index (χ1v) is 1.39. The van der Waals surface area contributed by atoms with Crippen LogP contribution in [0.2, 0.25) is 0 Å². The maximum Gasteiger partial charge on any atom is 1.00 e. The van der Waals surface area contributed by atoms with E-state index in [1.54, 1.807) is 6.92 Å². The van der Waals surface area contributed by atoms with Gasteiger partial charge in [-0.15, -0.1) is 11.8 Å². The molecule has 0 aromatic carbocycles. The summed E-state index contributed by atoms with van der Waals surface area (Å²) in [7, 11) is 0. The van der Waals surface area contributed by atoms with E-state index >= 15 is 0 Å². The maximum atomic E-state index is 9.36. The molecule has 0 rings (SSSR count). The van der Waals surface area contributed by atoms with E-state index in [4.69, 9.17) is 0 Å². The zero-order chi connectivity index (χ0) is 4.12. The third-order valence-electron chi connectivity index (χ3n) is 0.249. The molecule has 0 amide bonds. The van der Waals surface area contributed by atoms with Crippen LogP contribution in [0.25, 0.3) is 0 Å². The van der Waals surface area contributed by atoms with Gasteiger partial charge in [0.2, 0.25) is 0 Å². The van der Waals surface area contributed by atoms with Gasteiger partial charge in [0, 0.05) is 0 Å². The summed E-state index contributed by atoms with van der Waals surface area (Å²) in [5, 5.41) is 9.36. The van der Waals surface area contributed by atoms with Crippen molar-refractivity contribution in [3.8, 4) is 11.8 Å². The van der Waals surface area contributed by atoms with Gasteiger partial charge in [-0.3, -0.25) is 0 Å². The molecule has 0 unspecified atom stereocenters. The standard InChI is InChI=1S/C4H5O.K/c1-2-3-4-5;/h4H2,1H3;/q-1;+1. The van der Waals surface area contributed by atoms with Crippen molar-refractivity contribution in [2.24, 2.45) is 0 Å². The Kier molecular flexibility index (Phi) is 16.1. The molecule has 0 heterocycles. The molecule has 0 fully saturated rings. The summed E-state index contributed by atoms with van der Waals surface area (Å²) in [5.41, 5.74) is 0. The summed E-state index contributed by atoms with van der Waals surface area (Å²) in [6.45, 7) is 1.38. The fraction of sp³-hybridized carbons (Fsp3) is 0.500. The number of rotatable bonds is 0. The first-order chi connectivity index (χ1) is 2.41. The molecule has 0 bridgehead atoms. The van der Waals surface area contributed by atoms with Gasteiger partial charge in [-0.05, 0) is 6.92 Å². The fourth-order valence-corrected chi connectivity index (χ4v) is 0.0722. The SMILES string of the molecule is CC#CC[O-].[K+]. The van der Waals surface area contributed by atoms with Crippen molar-refractivity contribution in [1.29, 1.82) is 0 Å². The van der Waals surface area contributed by atoms with Gasteiger partial charge in [-0.25, -0.2) is 0 Å². The molecule has 0 aliphatic heterocycles. The number of hydrogen-bond donors (Lipinski definition) is 0. The fourth-order valence-electron chi connectivity index (χ4n) is 0.0722. The largest absolute Gasteiger partial charge is 1.00 e. The van der Waals surface area contributed by atoms with E-state index in [2.05, 4.69) is 11.8 Å². The third-order valence-corrected chi connectivity index (χ3v) is 0.249. The quantitative estimate of drug-likeness (QED) is 0.232. The van der Waals surface area contributed by atoms with Crippen molar-refractivity contribution in [3.63, 3.8) is 0 Å². The Balaban J connectivity index is 0. The predicted octanol–water partition coefficient (Wildman–Crippen LogP) is -3.63. The Morgan fingerprint density at radius 2 is 2.17 bits per heavy atom. The second kappa shape index (κ2) is 9.48. The molecule has 2 heteroatoms. The average Bonchev–Trinajstić information content (AvgIpc) is 1.41. The van der Waals surface area contributed by atoms with Crippen LogP contribution in [0.5, 0.6) is 0 Å². The summed E-state index contributed by atoms with van der Waals surface area (Å²) in [6, 6.07) is 0. The molecule has 0 saturated carbocycles. The van der Waals surface area contributed by atoms with Crippen LogP contribution in [0.4, 0.5) is 0 Å². The smallest absolute Gasteiger partial charge is 0.845 e. The summed E-state index contributed by atoms with van der Waals surface area (Å²) in [4.78, 5) is 0. The predicted molar refractivity (Wildman–Crippen MR) is 18.3 cm³/mol. The molecule has 0 aliphatic rings. The molecule has 28 valence electrons. The van der Waals surface area contributed by atoms with Crippen LogP contribution < -0.4 is 56.5 Å². The van der Waals surface area contributed by atoms with E-state index in [1.807, 2.05) is 0 Å². The van der Waals surface area contributed by atoms with E-state index in [1.165, 1.54) is 0 Å². The Bertz CT molecular complexity index is 59.7.